The van der Waals surface area contributed by atoms with Gasteiger partial charge >= 0.3 is 0 Å². The van der Waals surface area contributed by atoms with Crippen molar-refractivity contribution in [3.05, 3.63) is 59.7 Å². The van der Waals surface area contributed by atoms with E-state index in [-0.39, 0.29) is 12.5 Å². The van der Waals surface area contributed by atoms with E-state index in [1.165, 1.54) is 11.1 Å². The Balaban J connectivity index is 2.53. The van der Waals surface area contributed by atoms with E-state index in [1.54, 1.807) is 0 Å². The van der Waals surface area contributed by atoms with Crippen LogP contribution in [-0.4, -0.2) is 22.9 Å². The minimum absolute atomic E-state index is 0.0146. The number of benzene rings is 1. The van der Waals surface area contributed by atoms with Crippen molar-refractivity contribution in [2.24, 2.45) is 5.92 Å². The third-order valence-corrected chi connectivity index (χ3v) is 4.02. The Morgan fingerprint density at radius 1 is 1.18 bits per heavy atom. The summed E-state index contributed by atoms with van der Waals surface area (Å²) in [5.41, 5.74) is 3.59. The zero-order chi connectivity index (χ0) is 16.4. The first-order valence-electron chi connectivity index (χ1n) is 8.18. The van der Waals surface area contributed by atoms with Crippen molar-refractivity contribution < 1.29 is 10.2 Å². The molecule has 2 atom stereocenters. The van der Waals surface area contributed by atoms with E-state index in [4.69, 9.17) is 0 Å². The van der Waals surface area contributed by atoms with Gasteiger partial charge in [-0.25, -0.2) is 0 Å². The van der Waals surface area contributed by atoms with Crippen molar-refractivity contribution in [3.63, 3.8) is 0 Å². The Morgan fingerprint density at radius 2 is 1.86 bits per heavy atom. The molecule has 0 radical (unpaired) electrons. The lowest BCUT2D eigenvalue weighted by Gasteiger charge is -2.24. The number of hydrogen-bond donors (Lipinski definition) is 2. The molecule has 0 saturated carbocycles. The van der Waals surface area contributed by atoms with E-state index in [2.05, 4.69) is 38.6 Å². The molecule has 0 fully saturated rings. The van der Waals surface area contributed by atoms with Gasteiger partial charge in [0.05, 0.1) is 6.10 Å². The number of aliphatic hydroxyl groups excluding tert-OH is 2. The monoisotopic (exact) mass is 302 g/mol. The lowest BCUT2D eigenvalue weighted by molar-refractivity contribution is 0.0978. The van der Waals surface area contributed by atoms with E-state index in [1.807, 2.05) is 18.2 Å². The Kier molecular flexibility index (Phi) is 8.79. The molecule has 0 aliphatic rings. The summed E-state index contributed by atoms with van der Waals surface area (Å²) in [5, 5.41) is 19.8. The van der Waals surface area contributed by atoms with Crippen molar-refractivity contribution in [2.45, 2.75) is 52.1 Å². The van der Waals surface area contributed by atoms with Gasteiger partial charge in [-0.15, -0.1) is 0 Å². The molecular weight excluding hydrogens is 272 g/mol. The van der Waals surface area contributed by atoms with Gasteiger partial charge in [0.2, 0.25) is 0 Å². The molecule has 2 nitrogen and oxygen atoms in total. The number of aryl methyl sites for hydroxylation is 1. The molecular formula is C20H30O2. The number of hydrogen-bond acceptors (Lipinski definition) is 2. The summed E-state index contributed by atoms with van der Waals surface area (Å²) in [6.45, 7) is 8.41. The molecule has 0 aliphatic heterocycles. The highest BCUT2D eigenvalue weighted by molar-refractivity contribution is 5.15. The van der Waals surface area contributed by atoms with Gasteiger partial charge in [0.15, 0.2) is 0 Å². The Labute approximate surface area is 135 Å². The average Bonchev–Trinajstić information content (AvgIpc) is 2.50. The van der Waals surface area contributed by atoms with Crippen molar-refractivity contribution in [1.82, 2.24) is 0 Å². The second kappa shape index (κ2) is 10.4. The predicted octanol–water partition coefficient (Wildman–Crippen LogP) is 4.28. The fourth-order valence-corrected chi connectivity index (χ4v) is 2.70. The van der Waals surface area contributed by atoms with Crippen LogP contribution in [0.2, 0.25) is 0 Å². The van der Waals surface area contributed by atoms with Gasteiger partial charge < -0.3 is 10.2 Å². The molecule has 122 valence electrons. The van der Waals surface area contributed by atoms with Crippen LogP contribution in [0.15, 0.2) is 54.1 Å². The molecule has 2 unspecified atom stereocenters. The molecule has 1 aromatic rings. The maximum absolute atomic E-state index is 10.5. The molecule has 22 heavy (non-hydrogen) atoms. The van der Waals surface area contributed by atoms with Gasteiger partial charge in [0, 0.05) is 12.5 Å². The summed E-state index contributed by atoms with van der Waals surface area (Å²) in [6.07, 6.45) is 5.72. The van der Waals surface area contributed by atoms with E-state index in [0.29, 0.717) is 12.8 Å². The van der Waals surface area contributed by atoms with Gasteiger partial charge in [0.1, 0.15) is 0 Å². The summed E-state index contributed by atoms with van der Waals surface area (Å²) in [4.78, 5) is 0. The summed E-state index contributed by atoms with van der Waals surface area (Å²) in [6, 6.07) is 10.2. The van der Waals surface area contributed by atoms with Crippen molar-refractivity contribution in [2.75, 3.05) is 6.61 Å². The maximum Gasteiger partial charge on any atom is 0.0609 e. The summed E-state index contributed by atoms with van der Waals surface area (Å²) < 4.78 is 0. The van der Waals surface area contributed by atoms with Gasteiger partial charge in [-0.3, -0.25) is 0 Å². The van der Waals surface area contributed by atoms with Gasteiger partial charge in [0.25, 0.3) is 0 Å². The van der Waals surface area contributed by atoms with Gasteiger partial charge in [-0.05, 0) is 51.5 Å². The zero-order valence-electron chi connectivity index (χ0n) is 14.0. The lowest BCUT2D eigenvalue weighted by Crippen LogP contribution is -2.24. The van der Waals surface area contributed by atoms with Crippen molar-refractivity contribution in [1.29, 1.82) is 0 Å². The first-order chi connectivity index (χ1) is 10.5. The molecule has 1 aromatic carbocycles. The smallest absolute Gasteiger partial charge is 0.0609 e. The van der Waals surface area contributed by atoms with Crippen LogP contribution in [-0.2, 0) is 6.42 Å². The first-order valence-corrected chi connectivity index (χ1v) is 8.18. The summed E-state index contributed by atoms with van der Waals surface area (Å²) in [5.74, 6) is -0.0146. The quantitative estimate of drug-likeness (QED) is 0.633. The summed E-state index contributed by atoms with van der Waals surface area (Å²) >= 11 is 0. The lowest BCUT2D eigenvalue weighted by atomic mass is 9.86. The normalized spacial score (nSPS) is 13.5. The first kappa shape index (κ1) is 18.7. The van der Waals surface area contributed by atoms with Crippen LogP contribution in [0.1, 0.15) is 45.1 Å². The fraction of sp³-hybridized carbons (Fsp3) is 0.500. The van der Waals surface area contributed by atoms with Crippen molar-refractivity contribution in [3.8, 4) is 0 Å². The number of rotatable bonds is 10. The molecule has 0 bridgehead atoms. The van der Waals surface area contributed by atoms with Gasteiger partial charge in [-0.1, -0.05) is 54.1 Å². The Hall–Kier alpha value is -1.38. The second-order valence-electron chi connectivity index (χ2n) is 6.19. The van der Waals surface area contributed by atoms with E-state index < -0.39 is 6.10 Å². The van der Waals surface area contributed by atoms with E-state index >= 15 is 0 Å². The molecule has 1 rings (SSSR count). The number of aliphatic hydroxyl groups is 2. The minimum Gasteiger partial charge on any atom is -0.396 e. The van der Waals surface area contributed by atoms with Crippen LogP contribution in [0.5, 0.6) is 0 Å². The predicted molar refractivity (Wildman–Crippen MR) is 93.8 cm³/mol. The van der Waals surface area contributed by atoms with Gasteiger partial charge in [-0.2, -0.15) is 0 Å². The molecule has 0 spiro atoms. The molecule has 0 saturated heterocycles. The molecule has 0 aromatic heterocycles. The molecule has 2 N–H and O–H groups in total. The standard InChI is InChI=1S/C20H30O2/c1-16(2)8-7-9-17(3)19(14-15-21)20(22)13-12-18-10-5-4-6-11-18/h4-6,8,10-11,19-22H,3,7,9,12-15H2,1-2H3. The SMILES string of the molecule is C=C(CCC=C(C)C)C(CCO)C(O)CCc1ccccc1. The average molecular weight is 302 g/mol. The van der Waals surface area contributed by atoms with Crippen LogP contribution in [0.4, 0.5) is 0 Å². The minimum atomic E-state index is -0.438. The third-order valence-electron chi connectivity index (χ3n) is 4.02. The highest BCUT2D eigenvalue weighted by Gasteiger charge is 2.21. The number of allylic oxidation sites excluding steroid dienone is 2. The third kappa shape index (κ3) is 7.06. The highest BCUT2D eigenvalue weighted by atomic mass is 16.3. The zero-order valence-corrected chi connectivity index (χ0v) is 14.0. The molecule has 2 heteroatoms. The largest absolute Gasteiger partial charge is 0.396 e. The second-order valence-corrected chi connectivity index (χ2v) is 6.19. The fourth-order valence-electron chi connectivity index (χ4n) is 2.70. The molecule has 0 amide bonds. The van der Waals surface area contributed by atoms with E-state index in [0.717, 1.165) is 24.8 Å². The van der Waals surface area contributed by atoms with Crippen molar-refractivity contribution >= 4 is 0 Å². The van der Waals surface area contributed by atoms with Crippen LogP contribution >= 0.6 is 0 Å². The molecule has 0 heterocycles. The Morgan fingerprint density at radius 3 is 2.45 bits per heavy atom. The Bertz CT molecular complexity index is 458. The van der Waals surface area contributed by atoms with E-state index in [9.17, 15) is 10.2 Å². The van der Waals surface area contributed by atoms with Crippen LogP contribution in [0.3, 0.4) is 0 Å². The molecule has 0 aliphatic carbocycles. The topological polar surface area (TPSA) is 40.5 Å². The maximum atomic E-state index is 10.5. The van der Waals surface area contributed by atoms with Crippen LogP contribution in [0.25, 0.3) is 0 Å². The van der Waals surface area contributed by atoms with Crippen LogP contribution in [0, 0.1) is 5.92 Å². The summed E-state index contributed by atoms with van der Waals surface area (Å²) in [7, 11) is 0. The van der Waals surface area contributed by atoms with Crippen LogP contribution < -0.4 is 0 Å². The highest BCUT2D eigenvalue weighted by Crippen LogP contribution is 2.25.